The van der Waals surface area contributed by atoms with Crippen LogP contribution >= 0.6 is 11.3 Å². The van der Waals surface area contributed by atoms with Crippen molar-refractivity contribution in [2.75, 3.05) is 0 Å². The van der Waals surface area contributed by atoms with E-state index >= 15 is 0 Å². The highest BCUT2D eigenvalue weighted by molar-refractivity contribution is 7.21. The van der Waals surface area contributed by atoms with Crippen LogP contribution in [0.2, 0.25) is 0 Å². The lowest BCUT2D eigenvalue weighted by atomic mass is 9.90. The Morgan fingerprint density at radius 3 is 2.00 bits per heavy atom. The molecule has 39 heavy (non-hydrogen) atoms. The fourth-order valence-electron chi connectivity index (χ4n) is 4.99. The molecule has 1 aliphatic carbocycles. The van der Waals surface area contributed by atoms with Gasteiger partial charge in [-0.3, -0.25) is 0 Å². The summed E-state index contributed by atoms with van der Waals surface area (Å²) in [7, 11) is 0. The van der Waals surface area contributed by atoms with Crippen molar-refractivity contribution in [1.82, 2.24) is 15.0 Å². The Morgan fingerprint density at radius 1 is 0.615 bits per heavy atom. The van der Waals surface area contributed by atoms with Gasteiger partial charge in [0.15, 0.2) is 5.82 Å². The Hall–Kier alpha value is -4.67. The van der Waals surface area contributed by atoms with Crippen LogP contribution in [0.5, 0.6) is 0 Å². The van der Waals surface area contributed by atoms with Crippen molar-refractivity contribution < 1.29 is 0 Å². The van der Waals surface area contributed by atoms with Crippen LogP contribution in [-0.2, 0) is 0 Å². The van der Waals surface area contributed by atoms with E-state index in [1.807, 2.05) is 30.3 Å². The van der Waals surface area contributed by atoms with E-state index in [0.29, 0.717) is 0 Å². The zero-order valence-corrected chi connectivity index (χ0v) is 22.1. The molecule has 0 N–H and O–H groups in total. The van der Waals surface area contributed by atoms with Gasteiger partial charge in [0, 0.05) is 22.6 Å². The van der Waals surface area contributed by atoms with Gasteiger partial charge in [0.25, 0.3) is 0 Å². The van der Waals surface area contributed by atoms with E-state index in [1.54, 1.807) is 11.3 Å². The number of rotatable bonds is 5. The van der Waals surface area contributed by atoms with E-state index in [4.69, 9.17) is 15.0 Å². The van der Waals surface area contributed by atoms with Crippen molar-refractivity contribution in [3.05, 3.63) is 145 Å². The maximum Gasteiger partial charge on any atom is 0.160 e. The largest absolute Gasteiger partial charge is 0.236 e. The van der Waals surface area contributed by atoms with E-state index < -0.39 is 0 Å². The SMILES string of the molecule is C1=CC(c2cc(-c3ccccc3)nc(-c3ccccc3)n2)CC=C1c1ccc2nc(-c3ccccc3)sc2c1. The lowest BCUT2D eigenvalue weighted by Gasteiger charge is -2.18. The van der Waals surface area contributed by atoms with Crippen LogP contribution in [0.4, 0.5) is 0 Å². The van der Waals surface area contributed by atoms with E-state index in [0.717, 1.165) is 50.8 Å². The molecule has 6 aromatic rings. The number of thiazole rings is 1. The quantitative estimate of drug-likeness (QED) is 0.228. The summed E-state index contributed by atoms with van der Waals surface area (Å²) in [5.41, 5.74) is 8.79. The van der Waals surface area contributed by atoms with Gasteiger partial charge in [-0.2, -0.15) is 0 Å². The van der Waals surface area contributed by atoms with Crippen molar-refractivity contribution in [3.8, 4) is 33.2 Å². The number of hydrogen-bond donors (Lipinski definition) is 0. The fraction of sp³-hybridized carbons (Fsp3) is 0.0571. The van der Waals surface area contributed by atoms with Crippen LogP contribution in [0.15, 0.2) is 133 Å². The van der Waals surface area contributed by atoms with Gasteiger partial charge in [-0.1, -0.05) is 115 Å². The molecule has 1 unspecified atom stereocenters. The Labute approximate surface area is 231 Å². The Balaban J connectivity index is 1.19. The van der Waals surface area contributed by atoms with Crippen LogP contribution in [-0.4, -0.2) is 15.0 Å². The van der Waals surface area contributed by atoms with E-state index in [-0.39, 0.29) is 5.92 Å². The summed E-state index contributed by atoms with van der Waals surface area (Å²) in [6.45, 7) is 0. The molecule has 0 fully saturated rings. The second-order valence-electron chi connectivity index (χ2n) is 9.66. The van der Waals surface area contributed by atoms with E-state index in [9.17, 15) is 0 Å². The Kier molecular flexibility index (Phi) is 6.16. The number of benzene rings is 4. The van der Waals surface area contributed by atoms with E-state index in [1.165, 1.54) is 15.8 Å². The highest BCUT2D eigenvalue weighted by Gasteiger charge is 2.18. The van der Waals surface area contributed by atoms with Crippen molar-refractivity contribution in [2.45, 2.75) is 12.3 Å². The molecule has 0 spiro atoms. The Bertz CT molecular complexity index is 1760. The van der Waals surface area contributed by atoms with E-state index in [2.05, 4.69) is 103 Å². The molecule has 186 valence electrons. The predicted molar refractivity (Wildman–Crippen MR) is 162 cm³/mol. The lowest BCUT2D eigenvalue weighted by Crippen LogP contribution is -2.05. The molecule has 0 amide bonds. The first-order chi connectivity index (χ1) is 19.3. The summed E-state index contributed by atoms with van der Waals surface area (Å²) in [5, 5.41) is 1.06. The summed E-state index contributed by atoms with van der Waals surface area (Å²) < 4.78 is 1.21. The zero-order valence-electron chi connectivity index (χ0n) is 21.2. The van der Waals surface area contributed by atoms with Crippen LogP contribution in [0, 0.1) is 0 Å². The second kappa shape index (κ2) is 10.2. The van der Waals surface area contributed by atoms with Gasteiger partial charge in [0.1, 0.15) is 5.01 Å². The first-order valence-electron chi connectivity index (χ1n) is 13.1. The average Bonchev–Trinajstić information content (AvgIpc) is 3.46. The third kappa shape index (κ3) is 4.83. The number of nitrogens with zero attached hydrogens (tertiary/aromatic N) is 3. The van der Waals surface area contributed by atoms with Gasteiger partial charge < -0.3 is 0 Å². The molecular formula is C35H25N3S. The summed E-state index contributed by atoms with van der Waals surface area (Å²) in [4.78, 5) is 14.8. The van der Waals surface area contributed by atoms with Crippen molar-refractivity contribution in [2.24, 2.45) is 0 Å². The van der Waals surface area contributed by atoms with Gasteiger partial charge in [-0.25, -0.2) is 15.0 Å². The lowest BCUT2D eigenvalue weighted by molar-refractivity contribution is 0.813. The molecule has 4 aromatic carbocycles. The number of allylic oxidation sites excluding steroid dienone is 4. The first kappa shape index (κ1) is 23.4. The minimum Gasteiger partial charge on any atom is -0.236 e. The molecule has 1 aliphatic rings. The molecule has 7 rings (SSSR count). The second-order valence-corrected chi connectivity index (χ2v) is 10.7. The van der Waals surface area contributed by atoms with Gasteiger partial charge in [0.05, 0.1) is 21.6 Å². The van der Waals surface area contributed by atoms with Crippen LogP contribution < -0.4 is 0 Å². The minimum absolute atomic E-state index is 0.193. The molecule has 0 saturated heterocycles. The van der Waals surface area contributed by atoms with Crippen molar-refractivity contribution in [1.29, 1.82) is 0 Å². The third-order valence-electron chi connectivity index (χ3n) is 7.07. The van der Waals surface area contributed by atoms with Gasteiger partial charge >= 0.3 is 0 Å². The summed E-state index contributed by atoms with van der Waals surface area (Å²) in [5.74, 6) is 0.957. The van der Waals surface area contributed by atoms with Crippen LogP contribution in [0.1, 0.15) is 23.6 Å². The molecule has 0 radical (unpaired) electrons. The fourth-order valence-corrected chi connectivity index (χ4v) is 6.00. The summed E-state index contributed by atoms with van der Waals surface area (Å²) >= 11 is 1.75. The standard InChI is InChI=1S/C35H25N3S/c1-4-10-25(11-5-1)31-23-32(37-34(36-31)27-12-6-2-7-13-27)26-18-16-24(17-19-26)29-20-21-30-33(22-29)39-35(38-30)28-14-8-3-9-15-28/h1-18,20-23,26H,19H2. The number of aromatic nitrogens is 3. The monoisotopic (exact) mass is 519 g/mol. The zero-order chi connectivity index (χ0) is 26.0. The molecule has 0 aliphatic heterocycles. The Morgan fingerprint density at radius 2 is 1.31 bits per heavy atom. The predicted octanol–water partition coefficient (Wildman–Crippen LogP) is 9.21. The molecule has 0 bridgehead atoms. The van der Waals surface area contributed by atoms with Gasteiger partial charge in [0.2, 0.25) is 0 Å². The highest BCUT2D eigenvalue weighted by atomic mass is 32.1. The number of fused-ring (bicyclic) bond motifs is 1. The van der Waals surface area contributed by atoms with Crippen LogP contribution in [0.3, 0.4) is 0 Å². The van der Waals surface area contributed by atoms with Crippen molar-refractivity contribution in [3.63, 3.8) is 0 Å². The maximum atomic E-state index is 5.02. The molecule has 1 atom stereocenters. The first-order valence-corrected chi connectivity index (χ1v) is 14.0. The third-order valence-corrected chi connectivity index (χ3v) is 8.14. The summed E-state index contributed by atoms with van der Waals surface area (Å²) in [6, 6.07) is 39.7. The summed E-state index contributed by atoms with van der Waals surface area (Å²) in [6.07, 6.45) is 7.74. The van der Waals surface area contributed by atoms with Gasteiger partial charge in [-0.05, 0) is 35.8 Å². The molecule has 4 heteroatoms. The molecular weight excluding hydrogens is 494 g/mol. The topological polar surface area (TPSA) is 38.7 Å². The molecule has 2 heterocycles. The highest BCUT2D eigenvalue weighted by Crippen LogP contribution is 2.35. The number of hydrogen-bond acceptors (Lipinski definition) is 4. The molecule has 2 aromatic heterocycles. The minimum atomic E-state index is 0.193. The smallest absolute Gasteiger partial charge is 0.160 e. The van der Waals surface area contributed by atoms with Crippen molar-refractivity contribution >= 4 is 27.1 Å². The van der Waals surface area contributed by atoms with Gasteiger partial charge in [-0.15, -0.1) is 11.3 Å². The maximum absolute atomic E-state index is 5.02. The van der Waals surface area contributed by atoms with Crippen LogP contribution in [0.25, 0.3) is 49.0 Å². The normalized spacial score (nSPS) is 14.9. The molecule has 0 saturated carbocycles. The molecule has 3 nitrogen and oxygen atoms in total. The average molecular weight is 520 g/mol.